The van der Waals surface area contributed by atoms with Gasteiger partial charge in [-0.15, -0.1) is 0 Å². The number of carbonyl (C=O) groups is 4. The molecule has 0 saturated heterocycles. The summed E-state index contributed by atoms with van der Waals surface area (Å²) in [6.07, 6.45) is 0. The maximum Gasteiger partial charge on any atom is 0.336 e. The van der Waals surface area contributed by atoms with Gasteiger partial charge in [-0.1, -0.05) is 12.1 Å². The Bertz CT molecular complexity index is 835. The van der Waals surface area contributed by atoms with E-state index in [4.69, 9.17) is 10.2 Å². The SMILES string of the molecule is O=C(O)c1ccc(-c2c(C(=O)O)cc(C(=O)O)cc2C(=O)O)cc1.[Ag]. The maximum atomic E-state index is 11.4. The molecular formula is C16H10AgO8. The molecule has 2 aromatic rings. The zero-order valence-corrected chi connectivity index (χ0v) is 13.7. The van der Waals surface area contributed by atoms with Crippen molar-refractivity contribution in [1.29, 1.82) is 0 Å². The number of aromatic carboxylic acids is 4. The molecule has 0 bridgehead atoms. The van der Waals surface area contributed by atoms with Gasteiger partial charge >= 0.3 is 23.9 Å². The Morgan fingerprint density at radius 3 is 1.32 bits per heavy atom. The van der Waals surface area contributed by atoms with Crippen LogP contribution in [0.25, 0.3) is 11.1 Å². The normalized spacial score (nSPS) is 9.76. The molecule has 0 atom stereocenters. The summed E-state index contributed by atoms with van der Waals surface area (Å²) in [5.74, 6) is -5.66. The summed E-state index contributed by atoms with van der Waals surface area (Å²) >= 11 is 0. The molecule has 2 aromatic carbocycles. The Morgan fingerprint density at radius 2 is 1.00 bits per heavy atom. The predicted octanol–water partition coefficient (Wildman–Crippen LogP) is 2.14. The smallest absolute Gasteiger partial charge is 0.336 e. The van der Waals surface area contributed by atoms with E-state index in [1.54, 1.807) is 0 Å². The van der Waals surface area contributed by atoms with Crippen LogP contribution in [-0.4, -0.2) is 44.3 Å². The van der Waals surface area contributed by atoms with Gasteiger partial charge in [-0.05, 0) is 29.8 Å². The topological polar surface area (TPSA) is 149 Å². The van der Waals surface area contributed by atoms with Crippen LogP contribution in [0.15, 0.2) is 36.4 Å². The van der Waals surface area contributed by atoms with E-state index in [9.17, 15) is 29.4 Å². The summed E-state index contributed by atoms with van der Waals surface area (Å²) in [4.78, 5) is 44.8. The molecule has 4 N–H and O–H groups in total. The second-order valence-electron chi connectivity index (χ2n) is 4.74. The monoisotopic (exact) mass is 437 g/mol. The third-order valence-corrected chi connectivity index (χ3v) is 3.27. The largest absolute Gasteiger partial charge is 0.478 e. The third kappa shape index (κ3) is 4.13. The van der Waals surface area contributed by atoms with Gasteiger partial charge < -0.3 is 20.4 Å². The van der Waals surface area contributed by atoms with Gasteiger partial charge in [-0.2, -0.15) is 0 Å². The van der Waals surface area contributed by atoms with Gasteiger partial charge in [0.25, 0.3) is 0 Å². The van der Waals surface area contributed by atoms with Gasteiger partial charge in [-0.3, -0.25) is 0 Å². The number of benzene rings is 2. The molecule has 0 aliphatic carbocycles. The van der Waals surface area contributed by atoms with E-state index in [0.717, 1.165) is 12.1 Å². The number of rotatable bonds is 5. The van der Waals surface area contributed by atoms with Crippen molar-refractivity contribution in [3.05, 3.63) is 58.7 Å². The molecule has 9 heteroatoms. The Hall–Kier alpha value is -2.94. The molecule has 133 valence electrons. The van der Waals surface area contributed by atoms with Crippen LogP contribution in [0.4, 0.5) is 0 Å². The Labute approximate surface area is 155 Å². The summed E-state index contributed by atoms with van der Waals surface area (Å²) in [6.45, 7) is 0. The summed E-state index contributed by atoms with van der Waals surface area (Å²) in [5.41, 5.74) is -1.60. The van der Waals surface area contributed by atoms with Crippen LogP contribution in [0.5, 0.6) is 0 Å². The summed E-state index contributed by atoms with van der Waals surface area (Å²) < 4.78 is 0. The van der Waals surface area contributed by atoms with Crippen LogP contribution in [0.3, 0.4) is 0 Å². The Balaban J connectivity index is 0.00000312. The minimum absolute atomic E-state index is 0. The molecule has 2 rings (SSSR count). The number of hydrogen-bond donors (Lipinski definition) is 4. The summed E-state index contributed by atoms with van der Waals surface area (Å²) in [7, 11) is 0. The van der Waals surface area contributed by atoms with Crippen LogP contribution in [0.1, 0.15) is 41.4 Å². The van der Waals surface area contributed by atoms with Crippen molar-refractivity contribution >= 4 is 23.9 Å². The fourth-order valence-electron chi connectivity index (χ4n) is 2.19. The second-order valence-corrected chi connectivity index (χ2v) is 4.74. The van der Waals surface area contributed by atoms with E-state index in [1.165, 1.54) is 24.3 Å². The molecule has 0 heterocycles. The first-order chi connectivity index (χ1) is 11.2. The van der Waals surface area contributed by atoms with E-state index in [-0.39, 0.29) is 39.1 Å². The average Bonchev–Trinajstić information content (AvgIpc) is 2.53. The standard InChI is InChI=1S/C16H10O8.Ag/c17-13(18)8-3-1-7(2-4-8)12-10(15(21)22)5-9(14(19)20)6-11(12)16(23)24;/h1-6H,(H,17,18)(H,19,20)(H,21,22)(H,23,24);. The van der Waals surface area contributed by atoms with Crippen LogP contribution >= 0.6 is 0 Å². The third-order valence-electron chi connectivity index (χ3n) is 3.27. The molecule has 0 aromatic heterocycles. The van der Waals surface area contributed by atoms with Crippen molar-refractivity contribution in [3.63, 3.8) is 0 Å². The fourth-order valence-corrected chi connectivity index (χ4v) is 2.19. The van der Waals surface area contributed by atoms with Gasteiger partial charge in [0.05, 0.1) is 22.3 Å². The minimum Gasteiger partial charge on any atom is -0.478 e. The van der Waals surface area contributed by atoms with Crippen LogP contribution < -0.4 is 0 Å². The predicted molar refractivity (Wildman–Crippen MR) is 79.7 cm³/mol. The zero-order valence-electron chi connectivity index (χ0n) is 12.2. The molecule has 1 radical (unpaired) electrons. The van der Waals surface area contributed by atoms with E-state index in [0.29, 0.717) is 0 Å². The maximum absolute atomic E-state index is 11.4. The molecule has 0 fully saturated rings. The van der Waals surface area contributed by atoms with Crippen molar-refractivity contribution < 1.29 is 62.0 Å². The molecular weight excluding hydrogens is 428 g/mol. The molecule has 0 saturated carbocycles. The first-order valence-electron chi connectivity index (χ1n) is 6.44. The van der Waals surface area contributed by atoms with E-state index in [2.05, 4.69) is 0 Å². The van der Waals surface area contributed by atoms with Crippen molar-refractivity contribution in [3.8, 4) is 11.1 Å². The van der Waals surface area contributed by atoms with Crippen LogP contribution in [0.2, 0.25) is 0 Å². The average molecular weight is 438 g/mol. The first-order valence-corrected chi connectivity index (χ1v) is 6.44. The van der Waals surface area contributed by atoms with Gasteiger partial charge in [-0.25, -0.2) is 19.2 Å². The van der Waals surface area contributed by atoms with Gasteiger partial charge in [0, 0.05) is 27.9 Å². The summed E-state index contributed by atoms with van der Waals surface area (Å²) in [5, 5.41) is 36.5. The summed E-state index contributed by atoms with van der Waals surface area (Å²) in [6, 6.07) is 6.63. The number of hydrogen-bond acceptors (Lipinski definition) is 4. The van der Waals surface area contributed by atoms with Crippen LogP contribution in [-0.2, 0) is 22.4 Å². The van der Waals surface area contributed by atoms with E-state index < -0.39 is 40.6 Å². The Kier molecular flexibility index (Phi) is 6.24. The van der Waals surface area contributed by atoms with E-state index in [1.807, 2.05) is 0 Å². The second kappa shape index (κ2) is 7.75. The molecule has 0 unspecified atom stereocenters. The molecule has 0 spiro atoms. The molecule has 25 heavy (non-hydrogen) atoms. The number of carboxylic acids is 4. The van der Waals surface area contributed by atoms with Crippen LogP contribution in [0, 0.1) is 0 Å². The number of carboxylic acid groups (broad SMARTS) is 4. The molecule has 0 aliphatic heterocycles. The van der Waals surface area contributed by atoms with Gasteiger partial charge in [0.1, 0.15) is 0 Å². The molecule has 8 nitrogen and oxygen atoms in total. The van der Waals surface area contributed by atoms with Crippen molar-refractivity contribution in [1.82, 2.24) is 0 Å². The van der Waals surface area contributed by atoms with Gasteiger partial charge in [0.2, 0.25) is 0 Å². The van der Waals surface area contributed by atoms with Crippen molar-refractivity contribution in [2.24, 2.45) is 0 Å². The Morgan fingerprint density at radius 1 is 0.600 bits per heavy atom. The van der Waals surface area contributed by atoms with Crippen molar-refractivity contribution in [2.45, 2.75) is 0 Å². The molecule has 0 amide bonds. The van der Waals surface area contributed by atoms with Crippen molar-refractivity contribution in [2.75, 3.05) is 0 Å². The fraction of sp³-hybridized carbons (Fsp3) is 0. The first kappa shape index (κ1) is 20.1. The minimum atomic E-state index is -1.50. The van der Waals surface area contributed by atoms with Gasteiger partial charge in [0.15, 0.2) is 0 Å². The quantitative estimate of drug-likeness (QED) is 0.519. The van der Waals surface area contributed by atoms with E-state index >= 15 is 0 Å². The molecule has 0 aliphatic rings. The zero-order chi connectivity index (χ0) is 18.0.